The van der Waals surface area contributed by atoms with Crippen LogP contribution in [0.1, 0.15) is 57.4 Å². The van der Waals surface area contributed by atoms with Crippen LogP contribution in [0.5, 0.6) is 0 Å². The smallest absolute Gasteiger partial charge is 0.229 e. The second-order valence-corrected chi connectivity index (χ2v) is 10.7. The van der Waals surface area contributed by atoms with Crippen molar-refractivity contribution in [2.45, 2.75) is 58.3 Å². The van der Waals surface area contributed by atoms with Gasteiger partial charge in [0.2, 0.25) is 10.0 Å². The Balaban J connectivity index is 0.00000300. The van der Waals surface area contributed by atoms with Crippen LogP contribution in [0.4, 0.5) is 5.69 Å². The van der Waals surface area contributed by atoms with E-state index in [9.17, 15) is 8.42 Å². The predicted molar refractivity (Wildman–Crippen MR) is 118 cm³/mol. The van der Waals surface area contributed by atoms with Crippen LogP contribution >= 0.6 is 0 Å². The first-order chi connectivity index (χ1) is 13.4. The minimum absolute atomic E-state index is 0. The largest absolute Gasteiger partial charge is 1.00 e. The number of halogens is 1. The fourth-order valence-electron chi connectivity index (χ4n) is 4.92. The quantitative estimate of drug-likeness (QED) is 0.312. The molecule has 2 bridgehead atoms. The molecule has 6 heteroatoms. The van der Waals surface area contributed by atoms with E-state index in [-0.39, 0.29) is 17.0 Å². The predicted octanol–water partition coefficient (Wildman–Crippen LogP) is 1.74. The average molecular weight is 486 g/mol. The van der Waals surface area contributed by atoms with Crippen molar-refractivity contribution in [1.29, 1.82) is 0 Å². The van der Waals surface area contributed by atoms with Gasteiger partial charge in [-0.05, 0) is 48.4 Å². The molecule has 1 aromatic carbocycles. The summed E-state index contributed by atoms with van der Waals surface area (Å²) >= 11 is 0. The molecule has 1 aromatic rings. The highest BCUT2D eigenvalue weighted by Gasteiger charge is 2.41. The molecule has 0 radical (unpaired) electrons. The molecule has 3 heterocycles. The third kappa shape index (κ3) is 7.41. The molecule has 29 heavy (non-hydrogen) atoms. The summed E-state index contributed by atoms with van der Waals surface area (Å²) in [4.78, 5) is 0. The van der Waals surface area contributed by atoms with Crippen LogP contribution in [0.15, 0.2) is 35.9 Å². The number of allylic oxidation sites excluding steroid dienone is 1. The lowest BCUT2D eigenvalue weighted by atomic mass is 9.80. The Morgan fingerprint density at radius 2 is 1.72 bits per heavy atom. The van der Waals surface area contributed by atoms with Crippen LogP contribution in [0.25, 0.3) is 0 Å². The van der Waals surface area contributed by atoms with Crippen LogP contribution in [0.3, 0.4) is 0 Å². The van der Waals surface area contributed by atoms with Crippen molar-refractivity contribution in [3.63, 3.8) is 0 Å². The van der Waals surface area contributed by atoms with E-state index in [1.54, 1.807) is 5.57 Å². The van der Waals surface area contributed by atoms with E-state index in [0.717, 1.165) is 12.3 Å². The number of unbranched alkanes of at least 4 members (excludes halogenated alkanes) is 4. The fourth-order valence-corrected chi connectivity index (χ4v) is 5.48. The van der Waals surface area contributed by atoms with Gasteiger partial charge in [-0.15, -0.1) is 0 Å². The first-order valence-corrected chi connectivity index (χ1v) is 12.9. The molecular weight excluding hydrogens is 448 g/mol. The highest BCUT2D eigenvalue weighted by Crippen LogP contribution is 2.38. The molecule has 3 fully saturated rings. The van der Waals surface area contributed by atoms with E-state index in [1.165, 1.54) is 87.4 Å². The number of anilines is 1. The third-order valence-corrected chi connectivity index (χ3v) is 7.15. The molecule has 4 nitrogen and oxygen atoms in total. The monoisotopic (exact) mass is 484 g/mol. The van der Waals surface area contributed by atoms with Crippen molar-refractivity contribution in [2.75, 3.05) is 37.2 Å². The zero-order valence-electron chi connectivity index (χ0n) is 18.0. The molecule has 4 rings (SSSR count). The lowest BCUT2D eigenvalue weighted by Crippen LogP contribution is -3.00. The summed E-state index contributed by atoms with van der Waals surface area (Å²) in [5, 5.41) is 0. The number of benzene rings is 1. The molecule has 1 N–H and O–H groups in total. The van der Waals surface area contributed by atoms with Gasteiger partial charge in [-0.2, -0.15) is 0 Å². The molecule has 0 aromatic heterocycles. The Hall–Kier alpha value is -0.850. The van der Waals surface area contributed by atoms with Crippen LogP contribution in [-0.2, 0) is 16.4 Å². The molecule has 0 saturated carbocycles. The standard InChI is InChI=1S/C23H37N2O2S.BrH/c1-3-4-5-6-7-16-25-17-14-21(15-18-25)22(19-25)11-8-20-9-12-23(13-10-20)24-28(2,26)27;/h9-13,21,24H,3-8,14-19H2,1-2H3;1H/q+1;/p-1/b22-11+;. The molecule has 0 amide bonds. The molecular formula is C23H37BrN2O2S. The zero-order valence-corrected chi connectivity index (χ0v) is 20.4. The molecule has 0 spiro atoms. The summed E-state index contributed by atoms with van der Waals surface area (Å²) in [6.45, 7) is 7.65. The number of rotatable bonds is 10. The van der Waals surface area contributed by atoms with Crippen molar-refractivity contribution in [3.05, 3.63) is 41.5 Å². The molecule has 0 unspecified atom stereocenters. The van der Waals surface area contributed by atoms with Gasteiger partial charge in [0.1, 0.15) is 6.54 Å². The van der Waals surface area contributed by atoms with Crippen LogP contribution in [0, 0.1) is 5.92 Å². The first-order valence-electron chi connectivity index (χ1n) is 11.0. The van der Waals surface area contributed by atoms with Gasteiger partial charge in [0.05, 0.1) is 25.9 Å². The maximum absolute atomic E-state index is 11.3. The van der Waals surface area contributed by atoms with Gasteiger partial charge < -0.3 is 21.5 Å². The van der Waals surface area contributed by atoms with E-state index < -0.39 is 10.0 Å². The van der Waals surface area contributed by atoms with Gasteiger partial charge in [-0.25, -0.2) is 8.42 Å². The molecule has 0 aliphatic carbocycles. The van der Waals surface area contributed by atoms with Crippen molar-refractivity contribution in [2.24, 2.45) is 5.92 Å². The Morgan fingerprint density at radius 1 is 1.07 bits per heavy atom. The Morgan fingerprint density at radius 3 is 2.34 bits per heavy atom. The van der Waals surface area contributed by atoms with Crippen molar-refractivity contribution < 1.29 is 29.9 Å². The molecule has 3 aliphatic rings. The second-order valence-electron chi connectivity index (χ2n) is 8.91. The van der Waals surface area contributed by atoms with Gasteiger partial charge in [0, 0.05) is 18.5 Å². The summed E-state index contributed by atoms with van der Waals surface area (Å²) in [7, 11) is -3.21. The van der Waals surface area contributed by atoms with E-state index in [0.29, 0.717) is 5.69 Å². The van der Waals surface area contributed by atoms with Gasteiger partial charge in [-0.3, -0.25) is 4.72 Å². The SMILES string of the molecule is CCCCCCC[N+]12CCC(CC1)/C(=C/Cc1ccc(NS(C)(=O)=O)cc1)C2.[Br-]. The number of hydrogen-bond donors (Lipinski definition) is 1. The zero-order chi connectivity index (χ0) is 20.0. The topological polar surface area (TPSA) is 46.2 Å². The number of quaternary nitrogens is 1. The molecule has 3 saturated heterocycles. The minimum Gasteiger partial charge on any atom is -1.00 e. The summed E-state index contributed by atoms with van der Waals surface area (Å²) in [6.07, 6.45) is 14.2. The van der Waals surface area contributed by atoms with Crippen LogP contribution < -0.4 is 21.7 Å². The Kier molecular flexibility index (Phi) is 9.23. The summed E-state index contributed by atoms with van der Waals surface area (Å²) in [6, 6.07) is 7.78. The van der Waals surface area contributed by atoms with Gasteiger partial charge in [-0.1, -0.05) is 44.4 Å². The van der Waals surface area contributed by atoms with Gasteiger partial charge in [0.15, 0.2) is 0 Å². The summed E-state index contributed by atoms with van der Waals surface area (Å²) in [5.41, 5.74) is 3.55. The van der Waals surface area contributed by atoms with Crippen molar-refractivity contribution in [3.8, 4) is 0 Å². The fraction of sp³-hybridized carbons (Fsp3) is 0.652. The molecule has 3 aliphatic heterocycles. The second kappa shape index (κ2) is 11.0. The number of fused-ring (bicyclic) bond motifs is 3. The highest BCUT2D eigenvalue weighted by molar-refractivity contribution is 7.92. The Labute approximate surface area is 188 Å². The first kappa shape index (κ1) is 24.4. The van der Waals surface area contributed by atoms with Gasteiger partial charge in [0.25, 0.3) is 0 Å². The number of nitrogens with one attached hydrogen (secondary N) is 1. The van der Waals surface area contributed by atoms with E-state index >= 15 is 0 Å². The maximum atomic E-state index is 11.3. The number of hydrogen-bond acceptors (Lipinski definition) is 2. The maximum Gasteiger partial charge on any atom is 0.229 e. The summed E-state index contributed by atoms with van der Waals surface area (Å²) in [5.74, 6) is 0.797. The Bertz CT molecular complexity index is 767. The number of nitrogens with zero attached hydrogens (tertiary/aromatic N) is 1. The van der Waals surface area contributed by atoms with Gasteiger partial charge >= 0.3 is 0 Å². The van der Waals surface area contributed by atoms with E-state index in [4.69, 9.17) is 0 Å². The molecule has 0 atom stereocenters. The lowest BCUT2D eigenvalue weighted by Gasteiger charge is -2.50. The normalized spacial score (nSPS) is 25.0. The highest BCUT2D eigenvalue weighted by atomic mass is 79.9. The van der Waals surface area contributed by atoms with E-state index in [2.05, 4.69) is 17.7 Å². The average Bonchev–Trinajstić information content (AvgIpc) is 2.67. The number of sulfonamides is 1. The van der Waals surface area contributed by atoms with Crippen LogP contribution in [-0.4, -0.2) is 45.3 Å². The minimum atomic E-state index is -3.21. The lowest BCUT2D eigenvalue weighted by molar-refractivity contribution is -0.936. The molecule has 164 valence electrons. The van der Waals surface area contributed by atoms with Crippen molar-refractivity contribution in [1.82, 2.24) is 0 Å². The third-order valence-electron chi connectivity index (χ3n) is 6.54. The summed E-state index contributed by atoms with van der Waals surface area (Å²) < 4.78 is 26.5. The number of piperidine rings is 3. The van der Waals surface area contributed by atoms with Crippen molar-refractivity contribution >= 4 is 15.7 Å². The van der Waals surface area contributed by atoms with Crippen LogP contribution in [0.2, 0.25) is 0 Å². The van der Waals surface area contributed by atoms with E-state index in [1.807, 2.05) is 24.3 Å².